The zero-order valence-electron chi connectivity index (χ0n) is 21.0. The van der Waals surface area contributed by atoms with Crippen LogP contribution >= 0.6 is 11.8 Å². The van der Waals surface area contributed by atoms with E-state index in [0.29, 0.717) is 34.1 Å². The van der Waals surface area contributed by atoms with Crippen molar-refractivity contribution < 1.29 is 24.0 Å². The number of carbonyl (C=O) groups is 2. The van der Waals surface area contributed by atoms with Gasteiger partial charge >= 0.3 is 0 Å². The number of carbonyl (C=O) groups excluding carboxylic acids is 2. The minimum atomic E-state index is -0.446. The molecule has 0 aromatic heterocycles. The SMILES string of the molecule is CCOc1cc(/C=C2\SC(=O)N(Cc3cccc4ccccc34)C2=O)ccc1OCc1ccccc1[N+](=O)[O-]. The smallest absolute Gasteiger partial charge is 0.293 e. The van der Waals surface area contributed by atoms with Crippen molar-refractivity contribution in [2.24, 2.45) is 0 Å². The van der Waals surface area contributed by atoms with Crippen LogP contribution in [0.4, 0.5) is 10.5 Å². The third kappa shape index (κ3) is 5.63. The highest BCUT2D eigenvalue weighted by atomic mass is 32.2. The number of fused-ring (bicyclic) bond motifs is 1. The maximum absolute atomic E-state index is 13.2. The van der Waals surface area contributed by atoms with Crippen LogP contribution in [0.2, 0.25) is 0 Å². The van der Waals surface area contributed by atoms with E-state index < -0.39 is 4.92 Å². The molecule has 0 unspecified atom stereocenters. The van der Waals surface area contributed by atoms with Gasteiger partial charge in [-0.3, -0.25) is 24.6 Å². The second-order valence-electron chi connectivity index (χ2n) is 8.72. The number of benzene rings is 4. The number of imide groups is 1. The van der Waals surface area contributed by atoms with Gasteiger partial charge in [-0.2, -0.15) is 0 Å². The number of nitrogens with zero attached hydrogens (tertiary/aromatic N) is 2. The number of rotatable bonds is 9. The van der Waals surface area contributed by atoms with E-state index in [-0.39, 0.29) is 30.0 Å². The van der Waals surface area contributed by atoms with Gasteiger partial charge in [-0.05, 0) is 64.9 Å². The van der Waals surface area contributed by atoms with Crippen LogP contribution < -0.4 is 9.47 Å². The highest BCUT2D eigenvalue weighted by Crippen LogP contribution is 2.36. The molecule has 0 bridgehead atoms. The molecule has 1 aliphatic heterocycles. The van der Waals surface area contributed by atoms with Crippen LogP contribution in [0, 0.1) is 10.1 Å². The number of hydrogen-bond donors (Lipinski definition) is 0. The molecule has 1 saturated heterocycles. The Balaban J connectivity index is 1.35. The van der Waals surface area contributed by atoms with Crippen molar-refractivity contribution in [2.75, 3.05) is 6.61 Å². The molecule has 2 amide bonds. The molecule has 1 fully saturated rings. The molecular formula is C30H24N2O6S. The van der Waals surface area contributed by atoms with Crippen LogP contribution in [0.25, 0.3) is 16.8 Å². The molecule has 0 N–H and O–H groups in total. The topological polar surface area (TPSA) is 99.0 Å². The zero-order valence-corrected chi connectivity index (χ0v) is 21.9. The summed E-state index contributed by atoms with van der Waals surface area (Å²) >= 11 is 0.899. The predicted octanol–water partition coefficient (Wildman–Crippen LogP) is 6.96. The summed E-state index contributed by atoms with van der Waals surface area (Å²) < 4.78 is 11.6. The van der Waals surface area contributed by atoms with Gasteiger partial charge in [0.05, 0.1) is 28.5 Å². The monoisotopic (exact) mass is 540 g/mol. The van der Waals surface area contributed by atoms with E-state index in [1.807, 2.05) is 49.4 Å². The molecule has 196 valence electrons. The molecule has 0 radical (unpaired) electrons. The lowest BCUT2D eigenvalue weighted by Gasteiger charge is -2.14. The number of thioether (sulfide) groups is 1. The van der Waals surface area contributed by atoms with E-state index in [2.05, 4.69) is 0 Å². The number of ether oxygens (including phenoxy) is 2. The lowest BCUT2D eigenvalue weighted by Crippen LogP contribution is -2.27. The van der Waals surface area contributed by atoms with Gasteiger partial charge in [-0.1, -0.05) is 60.7 Å². The van der Waals surface area contributed by atoms with E-state index in [9.17, 15) is 19.7 Å². The second-order valence-corrected chi connectivity index (χ2v) is 9.71. The van der Waals surface area contributed by atoms with E-state index in [1.54, 1.807) is 42.5 Å². The molecule has 0 aliphatic carbocycles. The minimum Gasteiger partial charge on any atom is -0.490 e. The Bertz CT molecular complexity index is 1610. The molecule has 39 heavy (non-hydrogen) atoms. The molecule has 4 aromatic carbocycles. The summed E-state index contributed by atoms with van der Waals surface area (Å²) in [5, 5.41) is 13.0. The first kappa shape index (κ1) is 26.0. The average Bonchev–Trinajstić information content (AvgIpc) is 3.20. The van der Waals surface area contributed by atoms with Gasteiger partial charge in [-0.25, -0.2) is 0 Å². The van der Waals surface area contributed by atoms with Gasteiger partial charge in [0.25, 0.3) is 16.8 Å². The summed E-state index contributed by atoms with van der Waals surface area (Å²) in [5.41, 5.74) is 1.97. The summed E-state index contributed by atoms with van der Waals surface area (Å²) in [5.74, 6) is 0.489. The standard InChI is InChI=1S/C30H24N2O6S/c1-2-37-27-16-20(14-15-26(27)38-19-23-9-4-6-13-25(23)32(35)36)17-28-29(33)31(30(34)39-28)18-22-11-7-10-21-8-3-5-12-24(21)22/h3-17H,2,18-19H2,1H3/b28-17-. The fourth-order valence-corrected chi connectivity index (χ4v) is 5.20. The maximum atomic E-state index is 13.2. The normalized spacial score (nSPS) is 14.3. The Hall–Kier alpha value is -4.63. The van der Waals surface area contributed by atoms with Gasteiger partial charge in [0.15, 0.2) is 11.5 Å². The summed E-state index contributed by atoms with van der Waals surface area (Å²) in [6.07, 6.45) is 1.66. The van der Waals surface area contributed by atoms with Crippen molar-refractivity contribution >= 4 is 45.4 Å². The van der Waals surface area contributed by atoms with Crippen molar-refractivity contribution in [3.05, 3.63) is 117 Å². The fourth-order valence-electron chi connectivity index (χ4n) is 4.36. The highest BCUT2D eigenvalue weighted by Gasteiger charge is 2.35. The number of para-hydroxylation sites is 1. The molecule has 8 nitrogen and oxygen atoms in total. The van der Waals surface area contributed by atoms with E-state index in [4.69, 9.17) is 9.47 Å². The quantitative estimate of drug-likeness (QED) is 0.128. The largest absolute Gasteiger partial charge is 0.490 e. The molecule has 1 heterocycles. The van der Waals surface area contributed by atoms with Crippen molar-refractivity contribution in [3.8, 4) is 11.5 Å². The fraction of sp³-hybridized carbons (Fsp3) is 0.133. The summed E-state index contributed by atoms with van der Waals surface area (Å²) in [6.45, 7) is 2.37. The van der Waals surface area contributed by atoms with Crippen LogP contribution in [0.5, 0.6) is 11.5 Å². The Morgan fingerprint density at radius 3 is 2.46 bits per heavy atom. The molecular weight excluding hydrogens is 516 g/mol. The number of nitro groups is 1. The Kier molecular flexibility index (Phi) is 7.60. The average molecular weight is 541 g/mol. The summed E-state index contributed by atoms with van der Waals surface area (Å²) in [6, 6.07) is 25.2. The summed E-state index contributed by atoms with van der Waals surface area (Å²) in [7, 11) is 0. The number of hydrogen-bond acceptors (Lipinski definition) is 7. The number of amides is 2. The van der Waals surface area contributed by atoms with Gasteiger partial charge in [0.2, 0.25) is 0 Å². The van der Waals surface area contributed by atoms with E-state index >= 15 is 0 Å². The molecule has 0 atom stereocenters. The third-order valence-corrected chi connectivity index (χ3v) is 7.13. The molecule has 0 spiro atoms. The lowest BCUT2D eigenvalue weighted by molar-refractivity contribution is -0.385. The number of nitro benzene ring substituents is 1. The predicted molar refractivity (Wildman–Crippen MR) is 151 cm³/mol. The second kappa shape index (κ2) is 11.4. The third-order valence-electron chi connectivity index (χ3n) is 6.22. The van der Waals surface area contributed by atoms with Gasteiger partial charge in [0, 0.05) is 6.07 Å². The zero-order chi connectivity index (χ0) is 27.4. The van der Waals surface area contributed by atoms with Crippen molar-refractivity contribution in [3.63, 3.8) is 0 Å². The molecule has 0 saturated carbocycles. The van der Waals surface area contributed by atoms with Crippen molar-refractivity contribution in [1.29, 1.82) is 0 Å². The first-order valence-corrected chi connectivity index (χ1v) is 13.1. The molecule has 1 aliphatic rings. The van der Waals surface area contributed by atoms with E-state index in [1.165, 1.54) is 11.0 Å². The van der Waals surface area contributed by atoms with Crippen LogP contribution in [0.3, 0.4) is 0 Å². The molecule has 5 rings (SSSR count). The van der Waals surface area contributed by atoms with Crippen LogP contribution in [-0.2, 0) is 17.9 Å². The van der Waals surface area contributed by atoms with Crippen molar-refractivity contribution in [1.82, 2.24) is 4.90 Å². The Morgan fingerprint density at radius 1 is 0.897 bits per heavy atom. The highest BCUT2D eigenvalue weighted by molar-refractivity contribution is 8.18. The maximum Gasteiger partial charge on any atom is 0.293 e. The Morgan fingerprint density at radius 2 is 1.64 bits per heavy atom. The van der Waals surface area contributed by atoms with Crippen LogP contribution in [0.1, 0.15) is 23.6 Å². The lowest BCUT2D eigenvalue weighted by atomic mass is 10.0. The molecule has 9 heteroatoms. The van der Waals surface area contributed by atoms with Crippen LogP contribution in [0.15, 0.2) is 89.8 Å². The van der Waals surface area contributed by atoms with Crippen LogP contribution in [-0.4, -0.2) is 27.6 Å². The van der Waals surface area contributed by atoms with Crippen molar-refractivity contribution in [2.45, 2.75) is 20.1 Å². The molecule has 4 aromatic rings. The summed E-state index contributed by atoms with van der Waals surface area (Å²) in [4.78, 5) is 38.4. The first-order valence-electron chi connectivity index (χ1n) is 12.3. The van der Waals surface area contributed by atoms with E-state index in [0.717, 1.165) is 28.1 Å². The van der Waals surface area contributed by atoms with Gasteiger partial charge < -0.3 is 9.47 Å². The van der Waals surface area contributed by atoms with Gasteiger partial charge in [-0.15, -0.1) is 0 Å². The Labute approximate surface area is 229 Å². The first-order chi connectivity index (χ1) is 18.9. The van der Waals surface area contributed by atoms with Gasteiger partial charge in [0.1, 0.15) is 6.61 Å². The minimum absolute atomic E-state index is 0.0103.